The van der Waals surface area contributed by atoms with Gasteiger partial charge in [0.2, 0.25) is 0 Å². The van der Waals surface area contributed by atoms with Crippen molar-refractivity contribution in [3.05, 3.63) is 94.3 Å². The van der Waals surface area contributed by atoms with Gasteiger partial charge in [0, 0.05) is 34.9 Å². The van der Waals surface area contributed by atoms with Crippen LogP contribution >= 0.6 is 0 Å². The van der Waals surface area contributed by atoms with Gasteiger partial charge in [-0.25, -0.2) is 4.79 Å². The van der Waals surface area contributed by atoms with Crippen LogP contribution in [0.15, 0.2) is 60.8 Å². The second-order valence-corrected chi connectivity index (χ2v) is 8.29. The van der Waals surface area contributed by atoms with Gasteiger partial charge in [0.15, 0.2) is 0 Å². The first-order valence-electron chi connectivity index (χ1n) is 11.0. The van der Waals surface area contributed by atoms with Gasteiger partial charge in [0.1, 0.15) is 5.75 Å². The van der Waals surface area contributed by atoms with Crippen molar-refractivity contribution in [2.75, 3.05) is 13.7 Å². The lowest BCUT2D eigenvalue weighted by molar-refractivity contribution is 0.0600. The predicted molar refractivity (Wildman–Crippen MR) is 129 cm³/mol. The molecule has 0 bridgehead atoms. The first-order chi connectivity index (χ1) is 16.9. The van der Waals surface area contributed by atoms with Crippen molar-refractivity contribution in [3.63, 3.8) is 0 Å². The summed E-state index contributed by atoms with van der Waals surface area (Å²) >= 11 is 0. The maximum absolute atomic E-state index is 12.8. The number of esters is 1. The monoisotopic (exact) mass is 465 g/mol. The highest BCUT2D eigenvalue weighted by Gasteiger charge is 2.34. The Bertz CT molecular complexity index is 1400. The number of methoxy groups -OCH3 is 1. The Kier molecular flexibility index (Phi) is 6.80. The molecule has 0 spiro atoms. The van der Waals surface area contributed by atoms with E-state index in [9.17, 15) is 14.9 Å². The van der Waals surface area contributed by atoms with E-state index >= 15 is 0 Å². The molecular formula is C28H23N3O4. The Hall–Kier alpha value is -4.62. The summed E-state index contributed by atoms with van der Waals surface area (Å²) < 4.78 is 10.4. The van der Waals surface area contributed by atoms with Crippen LogP contribution in [0, 0.1) is 23.2 Å². The molecule has 0 fully saturated rings. The number of carbonyl (C=O) groups is 2. The highest BCUT2D eigenvalue weighted by atomic mass is 16.5. The average molecular weight is 466 g/mol. The van der Waals surface area contributed by atoms with Crippen molar-refractivity contribution in [3.8, 4) is 23.7 Å². The van der Waals surface area contributed by atoms with Crippen LogP contribution in [0.1, 0.15) is 56.4 Å². The molecule has 0 aliphatic carbocycles. The standard InChI is InChI=1S/C28H23N3O4/c1-28(18-29)11-13-35-25-9-8-21(16-24(25)28)26(32)31-17-23-15-20(10-12-30-23)7-6-19-4-3-5-22(14-19)27(33)34-2/h3-5,8-10,12,14-16H,11,13,17H2,1-2H3,(H,31,32)/t28-/m0/s1. The van der Waals surface area contributed by atoms with Gasteiger partial charge in [-0.1, -0.05) is 17.9 Å². The van der Waals surface area contributed by atoms with Crippen molar-refractivity contribution in [2.45, 2.75) is 25.3 Å². The molecule has 1 aliphatic heterocycles. The molecule has 1 aliphatic rings. The van der Waals surface area contributed by atoms with E-state index in [1.165, 1.54) is 7.11 Å². The molecule has 0 saturated carbocycles. The maximum Gasteiger partial charge on any atom is 0.337 e. The number of hydrogen-bond acceptors (Lipinski definition) is 6. The highest BCUT2D eigenvalue weighted by Crippen LogP contribution is 2.38. The van der Waals surface area contributed by atoms with Gasteiger partial charge in [0.25, 0.3) is 5.91 Å². The van der Waals surface area contributed by atoms with Crippen LogP contribution in [-0.4, -0.2) is 30.6 Å². The van der Waals surface area contributed by atoms with Crippen molar-refractivity contribution >= 4 is 11.9 Å². The first-order valence-corrected chi connectivity index (χ1v) is 11.0. The molecule has 174 valence electrons. The zero-order chi connectivity index (χ0) is 24.8. The number of aromatic nitrogens is 1. The number of benzene rings is 2. The summed E-state index contributed by atoms with van der Waals surface area (Å²) in [6, 6.07) is 18.0. The fourth-order valence-electron chi connectivity index (χ4n) is 3.76. The van der Waals surface area contributed by atoms with Gasteiger partial charge in [-0.05, 0) is 55.5 Å². The Labute approximate surface area is 203 Å². The summed E-state index contributed by atoms with van der Waals surface area (Å²) in [4.78, 5) is 28.8. The SMILES string of the molecule is COC(=O)c1cccc(C#Cc2ccnc(CNC(=O)c3ccc4c(c3)[C@](C)(C#N)CCO4)c2)c1. The number of amides is 1. The molecule has 1 atom stereocenters. The van der Waals surface area contributed by atoms with E-state index in [1.54, 1.807) is 54.7 Å². The van der Waals surface area contributed by atoms with Crippen LogP contribution in [0.5, 0.6) is 5.75 Å². The molecule has 2 aromatic carbocycles. The highest BCUT2D eigenvalue weighted by molar-refractivity contribution is 5.94. The third kappa shape index (κ3) is 5.31. The Morgan fingerprint density at radius 3 is 2.69 bits per heavy atom. The van der Waals surface area contributed by atoms with Crippen molar-refractivity contribution in [1.29, 1.82) is 5.26 Å². The zero-order valence-corrected chi connectivity index (χ0v) is 19.4. The van der Waals surface area contributed by atoms with Gasteiger partial charge in [-0.2, -0.15) is 5.26 Å². The number of fused-ring (bicyclic) bond motifs is 1. The van der Waals surface area contributed by atoms with Crippen LogP contribution in [-0.2, 0) is 16.7 Å². The average Bonchev–Trinajstić information content (AvgIpc) is 2.90. The summed E-state index contributed by atoms with van der Waals surface area (Å²) in [6.45, 7) is 2.55. The Morgan fingerprint density at radius 2 is 1.91 bits per heavy atom. The third-order valence-corrected chi connectivity index (χ3v) is 5.82. The molecule has 2 heterocycles. The van der Waals surface area contributed by atoms with E-state index in [4.69, 9.17) is 9.47 Å². The topological polar surface area (TPSA) is 101 Å². The molecule has 0 unspecified atom stereocenters. The second kappa shape index (κ2) is 10.1. The van der Waals surface area contributed by atoms with Crippen LogP contribution < -0.4 is 10.1 Å². The molecule has 7 nitrogen and oxygen atoms in total. The van der Waals surface area contributed by atoms with Gasteiger partial charge in [0.05, 0.1) is 43.0 Å². The summed E-state index contributed by atoms with van der Waals surface area (Å²) in [5.41, 5.74) is 2.98. The van der Waals surface area contributed by atoms with E-state index in [2.05, 4.69) is 28.2 Å². The minimum Gasteiger partial charge on any atom is -0.493 e. The largest absolute Gasteiger partial charge is 0.493 e. The molecule has 1 amide bonds. The molecule has 0 radical (unpaired) electrons. The Morgan fingerprint density at radius 1 is 1.11 bits per heavy atom. The first kappa shape index (κ1) is 23.5. The van der Waals surface area contributed by atoms with Crippen LogP contribution in [0.3, 0.4) is 0 Å². The lowest BCUT2D eigenvalue weighted by Crippen LogP contribution is -2.29. The molecule has 3 aromatic rings. The van der Waals surface area contributed by atoms with Crippen molar-refractivity contribution < 1.29 is 19.1 Å². The number of hydrogen-bond donors (Lipinski definition) is 1. The molecule has 4 rings (SSSR count). The van der Waals surface area contributed by atoms with Crippen LogP contribution in [0.4, 0.5) is 0 Å². The van der Waals surface area contributed by atoms with E-state index in [-0.39, 0.29) is 12.5 Å². The van der Waals surface area contributed by atoms with Crippen LogP contribution in [0.25, 0.3) is 0 Å². The predicted octanol–water partition coefficient (Wildman–Crippen LogP) is 3.76. The minimum absolute atomic E-state index is 0.218. The molecule has 1 aromatic heterocycles. The summed E-state index contributed by atoms with van der Waals surface area (Å²) in [6.07, 6.45) is 2.21. The lowest BCUT2D eigenvalue weighted by Gasteiger charge is -2.30. The number of nitrogens with one attached hydrogen (secondary N) is 1. The smallest absolute Gasteiger partial charge is 0.337 e. The molecule has 35 heavy (non-hydrogen) atoms. The van der Waals surface area contributed by atoms with Gasteiger partial charge < -0.3 is 14.8 Å². The fraction of sp³-hybridized carbons (Fsp3) is 0.214. The zero-order valence-electron chi connectivity index (χ0n) is 19.4. The number of rotatable bonds is 4. The molecule has 7 heteroatoms. The normalized spacial score (nSPS) is 15.9. The Balaban J connectivity index is 1.45. The van der Waals surface area contributed by atoms with E-state index in [0.717, 1.165) is 11.1 Å². The van der Waals surface area contributed by atoms with Crippen LogP contribution in [0.2, 0.25) is 0 Å². The third-order valence-electron chi connectivity index (χ3n) is 5.82. The summed E-state index contributed by atoms with van der Waals surface area (Å²) in [5.74, 6) is 6.04. The van der Waals surface area contributed by atoms with Gasteiger partial charge >= 0.3 is 5.97 Å². The van der Waals surface area contributed by atoms with E-state index in [1.807, 2.05) is 13.0 Å². The molecule has 0 saturated heterocycles. The van der Waals surface area contributed by atoms with Gasteiger partial charge in [-0.15, -0.1) is 0 Å². The molecule has 1 N–H and O–H groups in total. The number of ether oxygens (including phenoxy) is 2. The quantitative estimate of drug-likeness (QED) is 0.465. The summed E-state index contributed by atoms with van der Waals surface area (Å²) in [7, 11) is 1.33. The van der Waals surface area contributed by atoms with E-state index in [0.29, 0.717) is 41.2 Å². The second-order valence-electron chi connectivity index (χ2n) is 8.29. The lowest BCUT2D eigenvalue weighted by atomic mass is 9.78. The maximum atomic E-state index is 12.8. The number of pyridine rings is 1. The van der Waals surface area contributed by atoms with Gasteiger partial charge in [-0.3, -0.25) is 9.78 Å². The molecular weight excluding hydrogens is 442 g/mol. The number of carbonyl (C=O) groups excluding carboxylic acids is 2. The van der Waals surface area contributed by atoms with Crippen molar-refractivity contribution in [2.24, 2.45) is 0 Å². The fourth-order valence-corrected chi connectivity index (χ4v) is 3.76. The summed E-state index contributed by atoms with van der Waals surface area (Å²) in [5, 5.41) is 12.5. The van der Waals surface area contributed by atoms with E-state index < -0.39 is 11.4 Å². The number of nitriles is 1. The van der Waals surface area contributed by atoms with Crippen molar-refractivity contribution in [1.82, 2.24) is 10.3 Å². The minimum atomic E-state index is -0.686. The number of nitrogens with zero attached hydrogens (tertiary/aromatic N) is 2.